The van der Waals surface area contributed by atoms with E-state index in [1.165, 1.54) is 0 Å². The van der Waals surface area contributed by atoms with Crippen LogP contribution in [0.5, 0.6) is 0 Å². The maximum Gasteiger partial charge on any atom is 0 e. The third kappa shape index (κ3) is 41.6. The molecule has 2 N–H and O–H groups in total. The fourth-order valence-electron chi connectivity index (χ4n) is 0. The van der Waals surface area contributed by atoms with E-state index >= 15 is 0 Å². The van der Waals surface area contributed by atoms with Gasteiger partial charge in [0.15, 0.2) is 0 Å². The molecule has 1 radical (unpaired) electrons. The van der Waals surface area contributed by atoms with Crippen LogP contribution in [-0.4, -0.2) is 5.48 Å². The van der Waals surface area contributed by atoms with E-state index in [4.69, 9.17) is 0 Å². The van der Waals surface area contributed by atoms with E-state index in [1.54, 1.807) is 0 Å². The Hall–Kier alpha value is 1.78. The van der Waals surface area contributed by atoms with Gasteiger partial charge < -0.3 is 55.1 Å². The van der Waals surface area contributed by atoms with E-state index in [2.05, 4.69) is 0 Å². The molecule has 0 saturated heterocycles. The van der Waals surface area contributed by atoms with Gasteiger partial charge in [0.05, 0.1) is 0 Å². The molecule has 1 nitrogen and oxygen atoms in total. The number of hydrogen-bond acceptors (Lipinski definition) is 0. The summed E-state index contributed by atoms with van der Waals surface area (Å²) in [4.78, 5) is 0. The van der Waals surface area contributed by atoms with Gasteiger partial charge in [-0.25, -0.2) is 0 Å². The van der Waals surface area contributed by atoms with Gasteiger partial charge in [-0.05, 0) is 0 Å². The first-order valence-electron chi connectivity index (χ1n) is 0. The Kier molecular flexibility index (Phi) is 1340. The first-order chi connectivity index (χ1) is 0. The summed E-state index contributed by atoms with van der Waals surface area (Å²) in [5, 5.41) is 0. The van der Waals surface area contributed by atoms with E-state index in [9.17, 15) is 0 Å². The molecule has 0 bridgehead atoms. The smallest absolute Gasteiger partial charge is 0 e. The standard InChI is InChI=1S/4ClH.H2O.Re/h4*1H;1H2;/p-4. The summed E-state index contributed by atoms with van der Waals surface area (Å²) in [6, 6.07) is 0. The summed E-state index contributed by atoms with van der Waals surface area (Å²) < 4.78 is 0. The van der Waals surface area contributed by atoms with Crippen molar-refractivity contribution in [3.8, 4) is 0 Å². The van der Waals surface area contributed by atoms with Gasteiger partial charge in [-0.15, -0.1) is 0 Å². The summed E-state index contributed by atoms with van der Waals surface area (Å²) in [5.41, 5.74) is 0. The summed E-state index contributed by atoms with van der Waals surface area (Å²) >= 11 is 0. The Morgan fingerprint density at radius 2 is 0.500 bits per heavy atom. The average Bonchev–Trinajstić information content (AvgIpc) is 0. The minimum Gasteiger partial charge on any atom is -1.00 e. The Labute approximate surface area is 75.2 Å². The predicted molar refractivity (Wildman–Crippen MR) is 3.61 cm³/mol. The van der Waals surface area contributed by atoms with Gasteiger partial charge in [-0.1, -0.05) is 0 Å². The second kappa shape index (κ2) is 71.4. The summed E-state index contributed by atoms with van der Waals surface area (Å²) in [7, 11) is 0. The molecule has 0 spiro atoms. The van der Waals surface area contributed by atoms with E-state index in [0.29, 0.717) is 0 Å². The molecule has 0 aliphatic rings. The maximum absolute atomic E-state index is 0. The molecule has 0 aliphatic carbocycles. The molecular weight excluding hydrogens is 344 g/mol. The maximum atomic E-state index is 0. The molecule has 0 rings (SSSR count). The second-order valence-electron chi connectivity index (χ2n) is 0. The second-order valence-corrected chi connectivity index (χ2v) is 0. The third-order valence-electron chi connectivity index (χ3n) is 0. The molecule has 0 heterocycles. The van der Waals surface area contributed by atoms with Crippen molar-refractivity contribution >= 4 is 0 Å². The fourth-order valence-corrected chi connectivity index (χ4v) is 0. The topological polar surface area (TPSA) is 31.5 Å². The Balaban J connectivity index is 0. The van der Waals surface area contributed by atoms with Crippen LogP contribution in [0.2, 0.25) is 0 Å². The molecule has 0 aromatic carbocycles. The first kappa shape index (κ1) is 113. The Bertz CT molecular complexity index is 7.51. The van der Waals surface area contributed by atoms with Crippen LogP contribution in [0.3, 0.4) is 0 Å². The monoisotopic (exact) mass is 345 g/mol. The van der Waals surface area contributed by atoms with Crippen LogP contribution in [0.4, 0.5) is 0 Å². The third-order valence-corrected chi connectivity index (χ3v) is 0. The Morgan fingerprint density at radius 3 is 0.500 bits per heavy atom. The van der Waals surface area contributed by atoms with Gasteiger partial charge >= 0.3 is 0 Å². The minimum atomic E-state index is 0. The van der Waals surface area contributed by atoms with Gasteiger partial charge in [0.25, 0.3) is 0 Å². The van der Waals surface area contributed by atoms with Crippen LogP contribution in [0, 0.1) is 0 Å². The van der Waals surface area contributed by atoms with Crippen molar-refractivity contribution in [2.45, 2.75) is 0 Å². The molecule has 0 saturated carbocycles. The van der Waals surface area contributed by atoms with Crippen LogP contribution >= 0.6 is 0 Å². The zero-order valence-corrected chi connectivity index (χ0v) is 8.13. The van der Waals surface area contributed by atoms with Gasteiger partial charge in [-0.3, -0.25) is 0 Å². The van der Waals surface area contributed by atoms with Crippen molar-refractivity contribution in [2.24, 2.45) is 0 Å². The van der Waals surface area contributed by atoms with Crippen molar-refractivity contribution in [2.75, 3.05) is 0 Å². The van der Waals surface area contributed by atoms with Crippen LogP contribution in [0.25, 0.3) is 0 Å². The molecule has 0 aromatic rings. The summed E-state index contributed by atoms with van der Waals surface area (Å²) in [6.45, 7) is 0. The zero-order valence-electron chi connectivity index (χ0n) is 2.39. The van der Waals surface area contributed by atoms with Gasteiger partial charge in [-0.2, -0.15) is 0 Å². The van der Waals surface area contributed by atoms with E-state index < -0.39 is 0 Å². The van der Waals surface area contributed by atoms with Crippen molar-refractivity contribution in [1.29, 1.82) is 0 Å². The normalized spacial score (nSPS) is 0. The largest absolute Gasteiger partial charge is 1.00 e. The molecule has 0 aliphatic heterocycles. The molecule has 6 heteroatoms. The van der Waals surface area contributed by atoms with Crippen molar-refractivity contribution in [1.82, 2.24) is 0 Å². The average molecular weight is 346 g/mol. The molecular formula is H2Cl4ORe-4. The van der Waals surface area contributed by atoms with Crippen molar-refractivity contribution < 1.29 is 75.5 Å². The van der Waals surface area contributed by atoms with Crippen LogP contribution in [0.1, 0.15) is 0 Å². The number of hydrogen-bond donors (Lipinski definition) is 0. The molecule has 0 fully saturated rings. The van der Waals surface area contributed by atoms with E-state index in [0.717, 1.165) is 0 Å². The minimum absolute atomic E-state index is 0. The van der Waals surface area contributed by atoms with Crippen LogP contribution in [-0.2, 0) is 20.4 Å². The van der Waals surface area contributed by atoms with Crippen LogP contribution in [0.15, 0.2) is 0 Å². The van der Waals surface area contributed by atoms with Crippen molar-refractivity contribution in [3.05, 3.63) is 0 Å². The number of rotatable bonds is 0. The predicted octanol–water partition coefficient (Wildman–Crippen LogP) is -12.8. The van der Waals surface area contributed by atoms with Crippen LogP contribution < -0.4 is 49.6 Å². The van der Waals surface area contributed by atoms with Crippen molar-refractivity contribution in [3.63, 3.8) is 0 Å². The zero-order chi connectivity index (χ0) is 0. The SMILES string of the molecule is O.[Cl-].[Cl-].[Cl-].[Cl-].[Re]. The fraction of sp³-hybridized carbons (Fsp3) is 0. The summed E-state index contributed by atoms with van der Waals surface area (Å²) in [6.07, 6.45) is 0. The quantitative estimate of drug-likeness (QED) is 0.418. The molecule has 0 atom stereocenters. The van der Waals surface area contributed by atoms with Gasteiger partial charge in [0, 0.05) is 20.4 Å². The van der Waals surface area contributed by atoms with E-state index in [-0.39, 0.29) is 75.5 Å². The molecule has 6 heavy (non-hydrogen) atoms. The molecule has 0 amide bonds. The van der Waals surface area contributed by atoms with E-state index in [1.807, 2.05) is 0 Å². The number of halogens is 4. The first-order valence-corrected chi connectivity index (χ1v) is 0. The Morgan fingerprint density at radius 1 is 0.500 bits per heavy atom. The summed E-state index contributed by atoms with van der Waals surface area (Å²) in [5.74, 6) is 0. The van der Waals surface area contributed by atoms with Gasteiger partial charge in [0.2, 0.25) is 0 Å². The molecule has 0 unspecified atom stereocenters. The van der Waals surface area contributed by atoms with Gasteiger partial charge in [0.1, 0.15) is 0 Å². The molecule has 47 valence electrons. The molecule has 0 aromatic heterocycles.